The summed E-state index contributed by atoms with van der Waals surface area (Å²) in [7, 11) is -4.32. The number of carboxylic acids is 2. The number of aliphatic carboxylic acids is 2. The Labute approximate surface area is 286 Å². The number of benzene rings is 1. The van der Waals surface area contributed by atoms with Crippen LogP contribution in [0, 0.1) is 17.2 Å². The van der Waals surface area contributed by atoms with E-state index in [9.17, 15) is 34.4 Å². The van der Waals surface area contributed by atoms with Gasteiger partial charge in [0.1, 0.15) is 48.0 Å². The number of hydrogen-bond donors (Lipinski definition) is 6. The van der Waals surface area contributed by atoms with E-state index in [0.717, 1.165) is 12.8 Å². The van der Waals surface area contributed by atoms with E-state index >= 15 is 0 Å². The van der Waals surface area contributed by atoms with Crippen LogP contribution in [0.1, 0.15) is 39.3 Å². The van der Waals surface area contributed by atoms with Crippen LogP contribution >= 0.6 is 7.75 Å². The quantitative estimate of drug-likeness (QED) is 0.0744. The van der Waals surface area contributed by atoms with Gasteiger partial charge in [0.2, 0.25) is 5.60 Å². The zero-order valence-corrected chi connectivity index (χ0v) is 28.3. The van der Waals surface area contributed by atoms with Crippen molar-refractivity contribution in [3.8, 4) is 11.8 Å². The maximum Gasteiger partial charge on any atom is 0.459 e. The number of rotatable bonds is 15. The lowest BCUT2D eigenvalue weighted by Gasteiger charge is -2.25. The van der Waals surface area contributed by atoms with Crippen molar-refractivity contribution in [2.45, 2.75) is 63.6 Å². The largest absolute Gasteiger partial charge is 0.478 e. The van der Waals surface area contributed by atoms with Gasteiger partial charge in [0.05, 0.1) is 18.9 Å². The van der Waals surface area contributed by atoms with Crippen LogP contribution in [0.5, 0.6) is 5.75 Å². The number of carboxylic acid groups (broad SMARTS) is 2. The van der Waals surface area contributed by atoms with Gasteiger partial charge in [-0.25, -0.2) is 23.7 Å². The third-order valence-corrected chi connectivity index (χ3v) is 9.20. The molecule has 50 heavy (non-hydrogen) atoms. The van der Waals surface area contributed by atoms with E-state index in [1.807, 2.05) is 19.9 Å². The average molecular weight is 719 g/mol. The summed E-state index contributed by atoms with van der Waals surface area (Å²) in [6.45, 7) is 5.08. The molecule has 2 aromatic heterocycles. The fourth-order valence-corrected chi connectivity index (χ4v) is 6.22. The summed E-state index contributed by atoms with van der Waals surface area (Å²) >= 11 is 0. The van der Waals surface area contributed by atoms with E-state index in [1.54, 1.807) is 36.4 Å². The third kappa shape index (κ3) is 9.85. The van der Waals surface area contributed by atoms with Crippen molar-refractivity contribution in [2.75, 3.05) is 18.9 Å². The number of fused-ring (bicyclic) bond motifs is 1. The highest BCUT2D eigenvalue weighted by Crippen LogP contribution is 2.47. The Morgan fingerprint density at radius 2 is 1.78 bits per heavy atom. The highest BCUT2D eigenvalue weighted by Gasteiger charge is 2.58. The number of nitrogens with one attached hydrogen (secondary N) is 1. The molecule has 1 aromatic carbocycles. The zero-order valence-electron chi connectivity index (χ0n) is 27.4. The Balaban J connectivity index is 0.000000753. The fraction of sp³-hybridized carbons (Fsp3) is 0.419. The maximum atomic E-state index is 13.9. The maximum absolute atomic E-state index is 13.9. The number of anilines is 1. The summed E-state index contributed by atoms with van der Waals surface area (Å²) in [5.74, 6) is -2.66. The first kappa shape index (κ1) is 39.5. The lowest BCUT2D eigenvalue weighted by Crippen LogP contribution is -2.41. The van der Waals surface area contributed by atoms with E-state index in [1.165, 1.54) is 23.8 Å². The number of esters is 1. The van der Waals surface area contributed by atoms with E-state index in [0.29, 0.717) is 17.7 Å². The van der Waals surface area contributed by atoms with Gasteiger partial charge in [-0.1, -0.05) is 44.9 Å². The van der Waals surface area contributed by atoms with Gasteiger partial charge in [0.25, 0.3) is 0 Å². The molecule has 0 radical (unpaired) electrons. The van der Waals surface area contributed by atoms with Crippen LogP contribution in [0.15, 0.2) is 60.9 Å². The van der Waals surface area contributed by atoms with Gasteiger partial charge >= 0.3 is 25.7 Å². The zero-order chi connectivity index (χ0) is 37.1. The lowest BCUT2D eigenvalue weighted by molar-refractivity contribution is -0.146. The number of hydrogen-bond acceptors (Lipinski definition) is 14. The predicted molar refractivity (Wildman–Crippen MR) is 174 cm³/mol. The fourth-order valence-electron chi connectivity index (χ4n) is 4.71. The molecule has 7 N–H and O–H groups in total. The second-order valence-corrected chi connectivity index (χ2v) is 12.7. The molecular formula is C31H39N6O12P. The third-order valence-electron chi connectivity index (χ3n) is 7.55. The van der Waals surface area contributed by atoms with E-state index in [4.69, 9.17) is 34.5 Å². The van der Waals surface area contributed by atoms with E-state index in [2.05, 4.69) is 15.2 Å². The highest BCUT2D eigenvalue weighted by atomic mass is 31.2. The predicted octanol–water partition coefficient (Wildman–Crippen LogP) is 2.02. The summed E-state index contributed by atoms with van der Waals surface area (Å²) in [5, 5.41) is 54.3. The number of nitriles is 1. The van der Waals surface area contributed by atoms with Gasteiger partial charge in [-0.15, -0.1) is 0 Å². The Bertz CT molecular complexity index is 1730. The Hall–Kier alpha value is -4.89. The molecular weight excluding hydrogens is 679 g/mol. The van der Waals surface area contributed by atoms with Crippen LogP contribution in [-0.4, -0.2) is 90.5 Å². The van der Waals surface area contributed by atoms with Crippen molar-refractivity contribution in [2.24, 2.45) is 5.92 Å². The second kappa shape index (κ2) is 17.7. The first-order chi connectivity index (χ1) is 23.7. The number of aliphatic hydroxyl groups excluding tert-OH is 2. The molecule has 270 valence electrons. The molecule has 0 aliphatic carbocycles. The first-order valence-electron chi connectivity index (χ1n) is 15.3. The van der Waals surface area contributed by atoms with Gasteiger partial charge < -0.3 is 40.2 Å². The smallest absolute Gasteiger partial charge is 0.459 e. The molecule has 1 fully saturated rings. The molecule has 3 aromatic rings. The van der Waals surface area contributed by atoms with Crippen molar-refractivity contribution in [1.82, 2.24) is 19.7 Å². The molecule has 1 aliphatic rings. The SMILES string of the molecule is CCC(CC)COC(=O)C(C)N[P@](=O)(OC[C@H]1O[C@@](C#N)(c2ccc3c(N)ncnn23)[C@H](O)[C@@H]1O)Oc1ccccc1.O=C(O)/C=C\C(=O)O. The summed E-state index contributed by atoms with van der Waals surface area (Å²) in [4.78, 5) is 35.7. The number of aliphatic hydroxyl groups is 2. The lowest BCUT2D eigenvalue weighted by atomic mass is 9.92. The van der Waals surface area contributed by atoms with Crippen molar-refractivity contribution in [3.63, 3.8) is 0 Å². The topological polar surface area (TPSA) is 278 Å². The van der Waals surface area contributed by atoms with Crippen LogP contribution in [0.2, 0.25) is 0 Å². The van der Waals surface area contributed by atoms with Crippen LogP contribution in [0.4, 0.5) is 5.82 Å². The van der Waals surface area contributed by atoms with Crippen molar-refractivity contribution in [1.29, 1.82) is 5.26 Å². The number of nitrogen functional groups attached to an aromatic ring is 1. The molecule has 6 atom stereocenters. The number of nitrogens with zero attached hydrogens (tertiary/aromatic N) is 4. The van der Waals surface area contributed by atoms with Gasteiger partial charge in [-0.2, -0.15) is 15.4 Å². The summed E-state index contributed by atoms with van der Waals surface area (Å²) in [6, 6.07) is 12.0. The number of para-hydroxylation sites is 1. The monoisotopic (exact) mass is 718 g/mol. The van der Waals surface area contributed by atoms with Crippen LogP contribution in [0.3, 0.4) is 0 Å². The van der Waals surface area contributed by atoms with Crippen LogP contribution < -0.4 is 15.3 Å². The summed E-state index contributed by atoms with van der Waals surface area (Å²) < 4.78 is 37.8. The number of nitrogens with two attached hydrogens (primary N) is 1. The number of ether oxygens (including phenoxy) is 2. The van der Waals surface area contributed by atoms with Crippen molar-refractivity contribution < 1.29 is 57.9 Å². The molecule has 1 unspecified atom stereocenters. The van der Waals surface area contributed by atoms with Gasteiger partial charge in [0, 0.05) is 12.2 Å². The Kier molecular flexibility index (Phi) is 14.0. The normalized spacial score (nSPS) is 21.9. The average Bonchev–Trinajstić information content (AvgIpc) is 3.64. The molecule has 0 spiro atoms. The molecule has 0 amide bonds. The molecule has 19 heteroatoms. The summed E-state index contributed by atoms with van der Waals surface area (Å²) in [6.07, 6.45) is -0.753. The molecule has 1 aliphatic heterocycles. The highest BCUT2D eigenvalue weighted by molar-refractivity contribution is 7.52. The minimum atomic E-state index is -4.32. The Morgan fingerprint density at radius 1 is 1.14 bits per heavy atom. The Morgan fingerprint density at radius 3 is 2.36 bits per heavy atom. The molecule has 1 saturated heterocycles. The standard InChI is InChI=1S/C27H35N6O8P.C4H4O4/c1-4-18(5-2)13-38-26(36)17(3)32-42(37,41-19-9-7-6-8-10-19)39-14-21-23(34)24(35)27(15-28,40-21)22-12-11-20-25(29)30-16-31-33(20)22;5-3(6)1-2-4(7)8/h6-12,16-18,21,23-24,34-35H,4-5,13-14H2,1-3H3,(H,32,37)(H2,29,30,31);1-2H,(H,5,6)(H,7,8)/b;2-1-/t17?,21-,23-,24-,27+,42+;/m1./s1. The molecule has 0 bridgehead atoms. The van der Waals surface area contributed by atoms with Gasteiger partial charge in [0.15, 0.2) is 5.82 Å². The van der Waals surface area contributed by atoms with Crippen LogP contribution in [0.25, 0.3) is 5.52 Å². The van der Waals surface area contributed by atoms with Crippen LogP contribution in [-0.2, 0) is 38.5 Å². The van der Waals surface area contributed by atoms with Gasteiger partial charge in [-0.05, 0) is 37.1 Å². The first-order valence-corrected chi connectivity index (χ1v) is 16.9. The van der Waals surface area contributed by atoms with Gasteiger partial charge in [-0.3, -0.25) is 9.32 Å². The van der Waals surface area contributed by atoms with E-state index < -0.39 is 62.2 Å². The molecule has 0 saturated carbocycles. The minimum Gasteiger partial charge on any atom is -0.478 e. The molecule has 18 nitrogen and oxygen atoms in total. The summed E-state index contributed by atoms with van der Waals surface area (Å²) in [5.41, 5.74) is 4.28. The number of carbonyl (C=O) groups is 3. The van der Waals surface area contributed by atoms with Crippen molar-refractivity contribution in [3.05, 3.63) is 66.6 Å². The minimum absolute atomic E-state index is 0.0961. The van der Waals surface area contributed by atoms with Crippen molar-refractivity contribution >= 4 is 37.0 Å². The number of carbonyl (C=O) groups excluding carboxylic acids is 1. The molecule has 4 rings (SSSR count). The number of aromatic nitrogens is 3. The van der Waals surface area contributed by atoms with E-state index in [-0.39, 0.29) is 29.8 Å². The second-order valence-electron chi connectivity index (χ2n) is 11.0. The molecule has 3 heterocycles.